The highest BCUT2D eigenvalue weighted by molar-refractivity contribution is 5.84. The lowest BCUT2D eigenvalue weighted by atomic mass is 10.0. The quantitative estimate of drug-likeness (QED) is 0.839. The van der Waals surface area contributed by atoms with Crippen molar-refractivity contribution in [3.63, 3.8) is 0 Å². The minimum absolute atomic E-state index is 0.00278. The molecule has 0 aliphatic carbocycles. The highest BCUT2D eigenvalue weighted by atomic mass is 16.3. The number of amides is 2. The number of rotatable bonds is 6. The summed E-state index contributed by atoms with van der Waals surface area (Å²) in [7, 11) is 0. The molecule has 1 atom stereocenters. The fourth-order valence-corrected chi connectivity index (χ4v) is 2.93. The second-order valence-corrected chi connectivity index (χ2v) is 6.50. The SMILES string of the molecule is CCc1ccc([C@@H](C)NC(=O)CCC(=O)N2CCC(O)CC2)cc1. The molecule has 0 aromatic heterocycles. The van der Waals surface area contributed by atoms with E-state index in [0.29, 0.717) is 25.9 Å². The monoisotopic (exact) mass is 332 g/mol. The molecule has 1 heterocycles. The fraction of sp³-hybridized carbons (Fsp3) is 0.579. The topological polar surface area (TPSA) is 69.6 Å². The number of likely N-dealkylation sites (tertiary alicyclic amines) is 1. The van der Waals surface area contributed by atoms with Gasteiger partial charge in [-0.3, -0.25) is 9.59 Å². The first kappa shape index (κ1) is 18.5. The molecule has 1 aromatic carbocycles. The van der Waals surface area contributed by atoms with Gasteiger partial charge in [0, 0.05) is 25.9 Å². The molecule has 1 saturated heterocycles. The number of piperidine rings is 1. The number of aliphatic hydroxyl groups excluding tert-OH is 1. The van der Waals surface area contributed by atoms with Crippen LogP contribution in [0.1, 0.15) is 56.7 Å². The molecule has 1 aromatic rings. The summed E-state index contributed by atoms with van der Waals surface area (Å²) >= 11 is 0. The summed E-state index contributed by atoms with van der Waals surface area (Å²) in [5.41, 5.74) is 2.34. The van der Waals surface area contributed by atoms with E-state index in [1.165, 1.54) is 5.56 Å². The van der Waals surface area contributed by atoms with E-state index in [4.69, 9.17) is 0 Å². The lowest BCUT2D eigenvalue weighted by Crippen LogP contribution is -2.40. The van der Waals surface area contributed by atoms with Crippen LogP contribution in [-0.4, -0.2) is 41.0 Å². The van der Waals surface area contributed by atoms with Gasteiger partial charge in [-0.2, -0.15) is 0 Å². The standard InChI is InChI=1S/C19H28N2O3/c1-3-15-4-6-16(7-5-15)14(2)20-18(23)8-9-19(24)21-12-10-17(22)11-13-21/h4-7,14,17,22H,3,8-13H2,1-2H3,(H,20,23)/t14-/m1/s1. The van der Waals surface area contributed by atoms with Crippen LogP contribution in [0.5, 0.6) is 0 Å². The van der Waals surface area contributed by atoms with E-state index in [0.717, 1.165) is 12.0 Å². The molecule has 5 nitrogen and oxygen atoms in total. The smallest absolute Gasteiger partial charge is 0.223 e. The average Bonchev–Trinajstić information content (AvgIpc) is 2.60. The summed E-state index contributed by atoms with van der Waals surface area (Å²) in [6, 6.07) is 8.16. The van der Waals surface area contributed by atoms with Gasteiger partial charge in [0.05, 0.1) is 12.1 Å². The molecule has 0 bridgehead atoms. The maximum absolute atomic E-state index is 12.1. The molecule has 132 valence electrons. The summed E-state index contributed by atoms with van der Waals surface area (Å²) in [5.74, 6) is -0.107. The molecule has 1 aliphatic heterocycles. The maximum Gasteiger partial charge on any atom is 0.223 e. The molecule has 5 heteroatoms. The molecule has 0 unspecified atom stereocenters. The minimum Gasteiger partial charge on any atom is -0.393 e. The highest BCUT2D eigenvalue weighted by Gasteiger charge is 2.21. The lowest BCUT2D eigenvalue weighted by molar-refractivity contribution is -0.135. The van der Waals surface area contributed by atoms with E-state index in [1.54, 1.807) is 4.90 Å². The summed E-state index contributed by atoms with van der Waals surface area (Å²) in [5, 5.41) is 12.4. The number of hydrogen-bond acceptors (Lipinski definition) is 3. The van der Waals surface area contributed by atoms with Gasteiger partial charge in [-0.1, -0.05) is 31.2 Å². The van der Waals surface area contributed by atoms with Gasteiger partial charge < -0.3 is 15.3 Å². The van der Waals surface area contributed by atoms with Gasteiger partial charge in [0.15, 0.2) is 0 Å². The molecule has 2 N–H and O–H groups in total. The van der Waals surface area contributed by atoms with E-state index >= 15 is 0 Å². The maximum atomic E-state index is 12.1. The number of carbonyl (C=O) groups excluding carboxylic acids is 2. The summed E-state index contributed by atoms with van der Waals surface area (Å²) in [4.78, 5) is 25.9. The van der Waals surface area contributed by atoms with Crippen LogP contribution in [-0.2, 0) is 16.0 Å². The van der Waals surface area contributed by atoms with Gasteiger partial charge in [-0.05, 0) is 37.3 Å². The van der Waals surface area contributed by atoms with Crippen molar-refractivity contribution in [3.05, 3.63) is 35.4 Å². The second kappa shape index (κ2) is 8.83. The summed E-state index contributed by atoms with van der Waals surface area (Å²) in [6.45, 7) is 5.23. The number of nitrogens with zero attached hydrogens (tertiary/aromatic N) is 1. The zero-order valence-corrected chi connectivity index (χ0v) is 14.6. The second-order valence-electron chi connectivity index (χ2n) is 6.50. The molecular weight excluding hydrogens is 304 g/mol. The van der Waals surface area contributed by atoms with E-state index < -0.39 is 0 Å². The first-order valence-corrected chi connectivity index (χ1v) is 8.83. The molecule has 0 saturated carbocycles. The molecule has 0 radical (unpaired) electrons. The Morgan fingerprint density at radius 2 is 1.83 bits per heavy atom. The zero-order valence-electron chi connectivity index (χ0n) is 14.6. The van der Waals surface area contributed by atoms with E-state index in [2.05, 4.69) is 24.4 Å². The number of nitrogens with one attached hydrogen (secondary N) is 1. The van der Waals surface area contributed by atoms with Crippen molar-refractivity contribution in [1.82, 2.24) is 10.2 Å². The van der Waals surface area contributed by atoms with Crippen molar-refractivity contribution in [3.8, 4) is 0 Å². The van der Waals surface area contributed by atoms with Crippen molar-refractivity contribution < 1.29 is 14.7 Å². The predicted octanol–water partition coefficient (Wildman–Crippen LogP) is 2.19. The zero-order chi connectivity index (χ0) is 17.5. The highest BCUT2D eigenvalue weighted by Crippen LogP contribution is 2.15. The largest absolute Gasteiger partial charge is 0.393 e. The van der Waals surface area contributed by atoms with Crippen LogP contribution < -0.4 is 5.32 Å². The molecule has 2 amide bonds. The molecule has 24 heavy (non-hydrogen) atoms. The van der Waals surface area contributed by atoms with Crippen molar-refractivity contribution >= 4 is 11.8 Å². The number of carbonyl (C=O) groups is 2. The van der Waals surface area contributed by atoms with Crippen LogP contribution in [0.4, 0.5) is 0 Å². The third-order valence-electron chi connectivity index (χ3n) is 4.65. The van der Waals surface area contributed by atoms with Crippen LogP contribution in [0.2, 0.25) is 0 Å². The Balaban J connectivity index is 1.74. The van der Waals surface area contributed by atoms with Gasteiger partial charge >= 0.3 is 0 Å². The number of aryl methyl sites for hydroxylation is 1. The van der Waals surface area contributed by atoms with E-state index in [1.807, 2.05) is 19.1 Å². The van der Waals surface area contributed by atoms with Crippen molar-refractivity contribution in [1.29, 1.82) is 0 Å². The first-order chi connectivity index (χ1) is 11.5. The van der Waals surface area contributed by atoms with Gasteiger partial charge in [0.1, 0.15) is 0 Å². The summed E-state index contributed by atoms with van der Waals surface area (Å²) in [6.07, 6.45) is 2.39. The fourth-order valence-electron chi connectivity index (χ4n) is 2.93. The van der Waals surface area contributed by atoms with Crippen molar-refractivity contribution in [2.75, 3.05) is 13.1 Å². The third kappa shape index (κ3) is 5.34. The Morgan fingerprint density at radius 1 is 1.21 bits per heavy atom. The Morgan fingerprint density at radius 3 is 2.42 bits per heavy atom. The molecule has 1 aliphatic rings. The minimum atomic E-state index is -0.294. The van der Waals surface area contributed by atoms with E-state index in [-0.39, 0.29) is 36.8 Å². The number of benzene rings is 1. The molecule has 2 rings (SSSR count). The number of hydrogen-bond donors (Lipinski definition) is 2. The van der Waals surface area contributed by atoms with Crippen LogP contribution >= 0.6 is 0 Å². The Bertz CT molecular complexity index is 548. The summed E-state index contributed by atoms with van der Waals surface area (Å²) < 4.78 is 0. The van der Waals surface area contributed by atoms with Crippen LogP contribution in [0.25, 0.3) is 0 Å². The molecular formula is C19H28N2O3. The van der Waals surface area contributed by atoms with Gasteiger partial charge in [0.2, 0.25) is 11.8 Å². The van der Waals surface area contributed by atoms with Gasteiger partial charge in [-0.25, -0.2) is 0 Å². The third-order valence-corrected chi connectivity index (χ3v) is 4.65. The Kier molecular flexibility index (Phi) is 6.79. The Labute approximate surface area is 144 Å². The van der Waals surface area contributed by atoms with Crippen LogP contribution in [0.3, 0.4) is 0 Å². The Hall–Kier alpha value is -1.88. The number of aliphatic hydroxyl groups is 1. The van der Waals surface area contributed by atoms with Crippen molar-refractivity contribution in [2.24, 2.45) is 0 Å². The van der Waals surface area contributed by atoms with Gasteiger partial charge in [0.25, 0.3) is 0 Å². The van der Waals surface area contributed by atoms with Crippen LogP contribution in [0, 0.1) is 0 Å². The van der Waals surface area contributed by atoms with Gasteiger partial charge in [-0.15, -0.1) is 0 Å². The first-order valence-electron chi connectivity index (χ1n) is 8.83. The lowest BCUT2D eigenvalue weighted by Gasteiger charge is -2.29. The predicted molar refractivity (Wildman–Crippen MR) is 93.4 cm³/mol. The average molecular weight is 332 g/mol. The molecule has 1 fully saturated rings. The molecule has 0 spiro atoms. The van der Waals surface area contributed by atoms with E-state index in [9.17, 15) is 14.7 Å². The van der Waals surface area contributed by atoms with Crippen LogP contribution in [0.15, 0.2) is 24.3 Å². The normalized spacial score (nSPS) is 16.7. The van der Waals surface area contributed by atoms with Crippen molar-refractivity contribution in [2.45, 2.75) is 58.1 Å².